The third kappa shape index (κ3) is 5.74. The molecule has 38 heavy (non-hydrogen) atoms. The Morgan fingerprint density at radius 3 is 2.55 bits per heavy atom. The summed E-state index contributed by atoms with van der Waals surface area (Å²) in [6, 6.07) is 9.13. The van der Waals surface area contributed by atoms with Gasteiger partial charge in [0.05, 0.1) is 6.20 Å². The lowest BCUT2D eigenvalue weighted by Gasteiger charge is -2.32. The number of nitrogens with one attached hydrogen (secondary N) is 1. The van der Waals surface area contributed by atoms with E-state index in [0.717, 1.165) is 44.4 Å². The van der Waals surface area contributed by atoms with Crippen LogP contribution in [0.25, 0.3) is 5.52 Å². The number of hydrogen-bond acceptors (Lipinski definition) is 7. The largest absolute Gasteiger partial charge is 0.490 e. The molecule has 2 aromatic carbocycles. The van der Waals surface area contributed by atoms with E-state index in [1.54, 1.807) is 10.7 Å². The van der Waals surface area contributed by atoms with Gasteiger partial charge in [0.1, 0.15) is 30.0 Å². The second-order valence-electron chi connectivity index (χ2n) is 9.18. The minimum atomic E-state index is -0.688. The van der Waals surface area contributed by atoms with Gasteiger partial charge in [-0.2, -0.15) is 10.1 Å². The number of halogens is 2. The first-order valence-corrected chi connectivity index (χ1v) is 12.3. The van der Waals surface area contributed by atoms with Crippen molar-refractivity contribution in [3.05, 3.63) is 77.8 Å². The normalized spacial score (nSPS) is 14.5. The van der Waals surface area contributed by atoms with Gasteiger partial charge in [0.15, 0.2) is 11.6 Å². The highest BCUT2D eigenvalue weighted by Crippen LogP contribution is 2.33. The minimum Gasteiger partial charge on any atom is -0.490 e. The molecule has 0 aliphatic carbocycles. The number of likely N-dealkylation sites (N-methyl/N-ethyl adjacent to an activating group) is 1. The summed E-state index contributed by atoms with van der Waals surface area (Å²) in [6.45, 7) is 7.35. The number of rotatable bonds is 8. The summed E-state index contributed by atoms with van der Waals surface area (Å²) in [4.78, 5) is 21.2. The molecular weight excluding hydrogens is 494 g/mol. The van der Waals surface area contributed by atoms with E-state index < -0.39 is 17.5 Å². The number of hydrogen-bond donors (Lipinski definition) is 1. The highest BCUT2D eigenvalue weighted by Gasteiger charge is 2.18. The van der Waals surface area contributed by atoms with Crippen LogP contribution in [0.2, 0.25) is 0 Å². The Hall–Kier alpha value is -4.09. The van der Waals surface area contributed by atoms with Gasteiger partial charge in [-0.25, -0.2) is 13.3 Å². The molecule has 9 nitrogen and oxygen atoms in total. The van der Waals surface area contributed by atoms with Crippen molar-refractivity contribution in [2.45, 2.75) is 6.92 Å². The van der Waals surface area contributed by atoms with E-state index in [4.69, 9.17) is 9.47 Å². The number of aromatic nitrogens is 3. The molecule has 1 amide bonds. The van der Waals surface area contributed by atoms with Crippen LogP contribution in [0.5, 0.6) is 17.4 Å². The molecule has 1 aliphatic heterocycles. The number of fused-ring (bicyclic) bond motifs is 1. The van der Waals surface area contributed by atoms with Gasteiger partial charge < -0.3 is 19.7 Å². The number of carbonyl (C=O) groups is 1. The van der Waals surface area contributed by atoms with E-state index in [2.05, 4.69) is 32.2 Å². The molecule has 0 saturated carbocycles. The third-order valence-electron chi connectivity index (χ3n) is 6.51. The molecule has 198 valence electrons. The number of amides is 1. The highest BCUT2D eigenvalue weighted by atomic mass is 19.1. The van der Waals surface area contributed by atoms with Crippen LogP contribution in [0.4, 0.5) is 14.5 Å². The molecule has 1 aliphatic rings. The van der Waals surface area contributed by atoms with Crippen molar-refractivity contribution in [3.63, 3.8) is 0 Å². The minimum absolute atomic E-state index is 0.0662. The van der Waals surface area contributed by atoms with Crippen LogP contribution in [-0.4, -0.2) is 76.7 Å². The number of piperazine rings is 1. The van der Waals surface area contributed by atoms with Crippen molar-refractivity contribution in [3.8, 4) is 17.4 Å². The van der Waals surface area contributed by atoms with Gasteiger partial charge in [-0.05, 0) is 50.4 Å². The molecule has 5 rings (SSSR count). The standard InChI is InChI=1S/C27H28F2N6O3/c1-18-24(37-14-13-34-11-9-33(2)10-12-34)16-35-25(18)27(30-17-31-35)38-23-8-7-21(15-22(23)29)32-26(36)19-3-5-20(28)6-4-19/h3-8,15-17H,9-14H2,1-2H3,(H,32,36). The zero-order valence-corrected chi connectivity index (χ0v) is 21.2. The third-order valence-corrected chi connectivity index (χ3v) is 6.51. The fourth-order valence-electron chi connectivity index (χ4n) is 4.25. The van der Waals surface area contributed by atoms with Crippen LogP contribution in [0, 0.1) is 18.6 Å². The number of ether oxygens (including phenoxy) is 2. The molecule has 1 N–H and O–H groups in total. The van der Waals surface area contributed by atoms with Crippen LogP contribution < -0.4 is 14.8 Å². The van der Waals surface area contributed by atoms with Crippen molar-refractivity contribution in [2.24, 2.45) is 0 Å². The molecule has 0 unspecified atom stereocenters. The molecule has 0 atom stereocenters. The van der Waals surface area contributed by atoms with E-state index in [1.165, 1.54) is 42.7 Å². The maximum atomic E-state index is 14.9. The van der Waals surface area contributed by atoms with Gasteiger partial charge in [-0.1, -0.05) is 0 Å². The smallest absolute Gasteiger partial charge is 0.255 e. The fourth-order valence-corrected chi connectivity index (χ4v) is 4.25. The fraction of sp³-hybridized carbons (Fsp3) is 0.296. The molecule has 2 aromatic heterocycles. The van der Waals surface area contributed by atoms with Gasteiger partial charge in [0, 0.05) is 55.6 Å². The van der Waals surface area contributed by atoms with Crippen molar-refractivity contribution >= 4 is 17.1 Å². The maximum absolute atomic E-state index is 14.9. The quantitative estimate of drug-likeness (QED) is 0.375. The predicted molar refractivity (Wildman–Crippen MR) is 138 cm³/mol. The van der Waals surface area contributed by atoms with Crippen LogP contribution in [0.1, 0.15) is 15.9 Å². The Bertz CT molecular complexity index is 1440. The summed E-state index contributed by atoms with van der Waals surface area (Å²) in [5.74, 6) is -0.859. The Balaban J connectivity index is 1.26. The Labute approximate surface area is 218 Å². The van der Waals surface area contributed by atoms with Crippen LogP contribution >= 0.6 is 0 Å². The van der Waals surface area contributed by atoms with Gasteiger partial charge in [-0.3, -0.25) is 9.69 Å². The highest BCUT2D eigenvalue weighted by molar-refractivity contribution is 6.04. The van der Waals surface area contributed by atoms with E-state index in [9.17, 15) is 13.6 Å². The second-order valence-corrected chi connectivity index (χ2v) is 9.18. The molecule has 0 spiro atoms. The van der Waals surface area contributed by atoms with Crippen molar-refractivity contribution < 1.29 is 23.0 Å². The Morgan fingerprint density at radius 2 is 1.82 bits per heavy atom. The molecule has 1 saturated heterocycles. The second kappa shape index (κ2) is 11.1. The Kier molecular flexibility index (Phi) is 7.47. The lowest BCUT2D eigenvalue weighted by molar-refractivity contribution is 0.102. The number of benzene rings is 2. The van der Waals surface area contributed by atoms with E-state index in [0.29, 0.717) is 17.9 Å². The molecule has 4 aromatic rings. The predicted octanol–water partition coefficient (Wildman–Crippen LogP) is 3.99. The summed E-state index contributed by atoms with van der Waals surface area (Å²) in [7, 11) is 2.12. The van der Waals surface area contributed by atoms with E-state index in [1.807, 2.05) is 6.92 Å². The van der Waals surface area contributed by atoms with Gasteiger partial charge in [0.25, 0.3) is 5.91 Å². The maximum Gasteiger partial charge on any atom is 0.255 e. The molecule has 0 radical (unpaired) electrons. The van der Waals surface area contributed by atoms with Crippen LogP contribution in [0.15, 0.2) is 55.0 Å². The molecule has 3 heterocycles. The van der Waals surface area contributed by atoms with Crippen molar-refractivity contribution in [2.75, 3.05) is 51.7 Å². The lowest BCUT2D eigenvalue weighted by atomic mass is 10.2. The Morgan fingerprint density at radius 1 is 1.05 bits per heavy atom. The average Bonchev–Trinajstić information content (AvgIpc) is 3.23. The first-order valence-electron chi connectivity index (χ1n) is 12.3. The van der Waals surface area contributed by atoms with E-state index in [-0.39, 0.29) is 22.9 Å². The van der Waals surface area contributed by atoms with Crippen LogP contribution in [0.3, 0.4) is 0 Å². The zero-order valence-electron chi connectivity index (χ0n) is 21.2. The molecule has 0 bridgehead atoms. The number of nitrogens with zero attached hydrogens (tertiary/aromatic N) is 5. The molecular formula is C27H28F2N6O3. The number of anilines is 1. The monoisotopic (exact) mass is 522 g/mol. The first kappa shape index (κ1) is 25.6. The summed E-state index contributed by atoms with van der Waals surface area (Å²) < 4.78 is 41.5. The lowest BCUT2D eigenvalue weighted by Crippen LogP contribution is -2.45. The molecule has 1 fully saturated rings. The number of aryl methyl sites for hydroxylation is 1. The first-order chi connectivity index (χ1) is 18.4. The van der Waals surface area contributed by atoms with E-state index >= 15 is 0 Å². The summed E-state index contributed by atoms with van der Waals surface area (Å²) in [5, 5.41) is 6.83. The summed E-state index contributed by atoms with van der Waals surface area (Å²) in [6.07, 6.45) is 3.08. The van der Waals surface area contributed by atoms with Gasteiger partial charge >= 0.3 is 0 Å². The van der Waals surface area contributed by atoms with Gasteiger partial charge in [0.2, 0.25) is 5.88 Å². The van der Waals surface area contributed by atoms with Crippen molar-refractivity contribution in [1.82, 2.24) is 24.4 Å². The zero-order chi connectivity index (χ0) is 26.6. The topological polar surface area (TPSA) is 84.2 Å². The van der Waals surface area contributed by atoms with Gasteiger partial charge in [-0.15, -0.1) is 0 Å². The average molecular weight is 523 g/mol. The van der Waals surface area contributed by atoms with Crippen LogP contribution in [-0.2, 0) is 0 Å². The molecule has 11 heteroatoms. The SMILES string of the molecule is Cc1c(OCCN2CCN(C)CC2)cn2ncnc(Oc3ccc(NC(=O)c4ccc(F)cc4)cc3F)c12. The van der Waals surface area contributed by atoms with Crippen molar-refractivity contribution in [1.29, 1.82) is 0 Å². The number of carbonyl (C=O) groups excluding carboxylic acids is 1. The summed E-state index contributed by atoms with van der Waals surface area (Å²) in [5.41, 5.74) is 1.82. The summed E-state index contributed by atoms with van der Waals surface area (Å²) >= 11 is 0.